The van der Waals surface area contributed by atoms with Crippen LogP contribution in [-0.4, -0.2) is 28.6 Å². The number of hydrogen-bond donors (Lipinski definition) is 1. The van der Waals surface area contributed by atoms with Crippen molar-refractivity contribution >= 4 is 65.4 Å². The van der Waals surface area contributed by atoms with Gasteiger partial charge >= 0.3 is 0 Å². The first-order valence-corrected chi connectivity index (χ1v) is 11.4. The van der Waals surface area contributed by atoms with Crippen LogP contribution in [-0.2, 0) is 6.54 Å². The van der Waals surface area contributed by atoms with Crippen LogP contribution in [0.25, 0.3) is 21.8 Å². The fourth-order valence-corrected chi connectivity index (χ4v) is 4.98. The van der Waals surface area contributed by atoms with Gasteiger partial charge in [0.25, 0.3) is 0 Å². The van der Waals surface area contributed by atoms with Crippen molar-refractivity contribution in [1.82, 2.24) is 4.57 Å². The number of nitrogens with zero attached hydrogens (tertiary/aromatic N) is 1. The molecule has 6 heteroatoms. The first-order chi connectivity index (χ1) is 13.5. The van der Waals surface area contributed by atoms with Gasteiger partial charge in [-0.2, -0.15) is 0 Å². The highest BCUT2D eigenvalue weighted by molar-refractivity contribution is 9.10. The van der Waals surface area contributed by atoms with Crippen LogP contribution in [0.3, 0.4) is 0 Å². The number of aromatic nitrogens is 1. The van der Waals surface area contributed by atoms with Gasteiger partial charge in [0.1, 0.15) is 5.75 Å². The molecular formula is C22H19Br2NO2S. The number of hydrogen-bond acceptors (Lipinski definition) is 3. The lowest BCUT2D eigenvalue weighted by atomic mass is 10.2. The van der Waals surface area contributed by atoms with Crippen molar-refractivity contribution in [3.63, 3.8) is 0 Å². The Kier molecular flexibility index (Phi) is 6.01. The van der Waals surface area contributed by atoms with Crippen LogP contribution >= 0.6 is 43.6 Å². The number of thioether (sulfide) groups is 1. The van der Waals surface area contributed by atoms with E-state index in [2.05, 4.69) is 60.7 Å². The van der Waals surface area contributed by atoms with Crippen LogP contribution in [0.5, 0.6) is 5.75 Å². The number of aliphatic hydroxyl groups is 1. The van der Waals surface area contributed by atoms with E-state index in [1.165, 1.54) is 10.8 Å². The summed E-state index contributed by atoms with van der Waals surface area (Å²) in [6.07, 6.45) is -0.470. The molecule has 0 amide bonds. The molecule has 0 saturated heterocycles. The van der Waals surface area contributed by atoms with Crippen LogP contribution in [0.4, 0.5) is 0 Å². The highest BCUT2D eigenvalue weighted by Crippen LogP contribution is 2.33. The Labute approximate surface area is 184 Å². The SMILES string of the molecule is COc1cccc(SCC(O)Cn2c3ccc(Br)cc3c3cc(Br)ccc32)c1. The van der Waals surface area contributed by atoms with E-state index in [0.29, 0.717) is 12.3 Å². The highest BCUT2D eigenvalue weighted by Gasteiger charge is 2.15. The van der Waals surface area contributed by atoms with Gasteiger partial charge < -0.3 is 14.4 Å². The lowest BCUT2D eigenvalue weighted by molar-refractivity contribution is 0.181. The molecule has 0 bridgehead atoms. The number of rotatable bonds is 6. The van der Waals surface area contributed by atoms with Crippen molar-refractivity contribution in [3.05, 3.63) is 69.6 Å². The largest absolute Gasteiger partial charge is 0.497 e. The summed E-state index contributed by atoms with van der Waals surface area (Å²) in [5.74, 6) is 1.44. The van der Waals surface area contributed by atoms with Gasteiger partial charge in [0.05, 0.1) is 13.2 Å². The molecule has 0 aliphatic carbocycles. The highest BCUT2D eigenvalue weighted by atomic mass is 79.9. The maximum Gasteiger partial charge on any atom is 0.119 e. The molecule has 0 aliphatic heterocycles. The van der Waals surface area contributed by atoms with Gasteiger partial charge in [-0.15, -0.1) is 11.8 Å². The van der Waals surface area contributed by atoms with E-state index in [1.807, 2.05) is 36.4 Å². The van der Waals surface area contributed by atoms with Crippen LogP contribution in [0.15, 0.2) is 74.5 Å². The molecule has 1 aromatic heterocycles. The van der Waals surface area contributed by atoms with Crippen LogP contribution in [0.1, 0.15) is 0 Å². The first kappa shape index (κ1) is 19.8. The topological polar surface area (TPSA) is 34.4 Å². The van der Waals surface area contributed by atoms with Crippen LogP contribution < -0.4 is 4.74 Å². The van der Waals surface area contributed by atoms with E-state index in [-0.39, 0.29) is 0 Å². The number of ether oxygens (including phenoxy) is 1. The number of aliphatic hydroxyl groups excluding tert-OH is 1. The Bertz CT molecular complexity index is 1080. The monoisotopic (exact) mass is 519 g/mol. The summed E-state index contributed by atoms with van der Waals surface area (Å²) in [6, 6.07) is 20.5. The zero-order valence-electron chi connectivity index (χ0n) is 15.2. The van der Waals surface area contributed by atoms with Crippen LogP contribution in [0, 0.1) is 0 Å². The van der Waals surface area contributed by atoms with E-state index >= 15 is 0 Å². The molecule has 28 heavy (non-hydrogen) atoms. The zero-order valence-corrected chi connectivity index (χ0v) is 19.2. The fourth-order valence-electron chi connectivity index (χ4n) is 3.39. The minimum Gasteiger partial charge on any atom is -0.497 e. The Morgan fingerprint density at radius 2 is 1.61 bits per heavy atom. The van der Waals surface area contributed by atoms with Gasteiger partial charge in [-0.05, 0) is 54.6 Å². The average molecular weight is 521 g/mol. The van der Waals surface area contributed by atoms with Gasteiger partial charge in [0.15, 0.2) is 0 Å². The lowest BCUT2D eigenvalue weighted by Crippen LogP contribution is -2.18. The molecule has 4 rings (SSSR count). The summed E-state index contributed by atoms with van der Waals surface area (Å²) < 4.78 is 9.58. The van der Waals surface area contributed by atoms with Crippen molar-refractivity contribution in [3.8, 4) is 5.75 Å². The first-order valence-electron chi connectivity index (χ1n) is 8.87. The third-order valence-corrected chi connectivity index (χ3v) is 6.79. The molecule has 1 unspecified atom stereocenters. The normalized spacial score (nSPS) is 12.6. The molecule has 1 heterocycles. The molecule has 0 radical (unpaired) electrons. The Hall–Kier alpha value is -1.47. The predicted molar refractivity (Wildman–Crippen MR) is 125 cm³/mol. The smallest absolute Gasteiger partial charge is 0.119 e. The Morgan fingerprint density at radius 1 is 0.964 bits per heavy atom. The summed E-state index contributed by atoms with van der Waals surface area (Å²) in [6.45, 7) is 0.542. The number of halogens is 2. The average Bonchev–Trinajstić information content (AvgIpc) is 2.99. The number of benzene rings is 3. The van der Waals surface area contributed by atoms with Crippen molar-refractivity contribution in [2.24, 2.45) is 0 Å². The summed E-state index contributed by atoms with van der Waals surface area (Å²) in [7, 11) is 1.66. The Balaban J connectivity index is 1.61. The maximum atomic E-state index is 10.7. The molecule has 0 saturated carbocycles. The van der Waals surface area contributed by atoms with Gasteiger partial charge in [-0.1, -0.05) is 37.9 Å². The Morgan fingerprint density at radius 3 is 2.21 bits per heavy atom. The standard InChI is InChI=1S/C22H19Br2NO2S/c1-27-17-3-2-4-18(11-17)28-13-16(26)12-25-21-7-5-14(23)9-19(21)20-10-15(24)6-8-22(20)25/h2-11,16,26H,12-13H2,1H3. The third-order valence-electron chi connectivity index (χ3n) is 4.67. The van der Waals surface area contributed by atoms with Crippen molar-refractivity contribution in [1.29, 1.82) is 0 Å². The molecule has 3 nitrogen and oxygen atoms in total. The van der Waals surface area contributed by atoms with E-state index < -0.39 is 6.10 Å². The lowest BCUT2D eigenvalue weighted by Gasteiger charge is -2.14. The number of methoxy groups -OCH3 is 1. The molecule has 0 aliphatic rings. The van der Waals surface area contributed by atoms with E-state index in [0.717, 1.165) is 30.6 Å². The second kappa shape index (κ2) is 8.49. The zero-order chi connectivity index (χ0) is 19.7. The van der Waals surface area contributed by atoms with Crippen molar-refractivity contribution in [2.45, 2.75) is 17.5 Å². The van der Waals surface area contributed by atoms with Gasteiger partial charge in [0.2, 0.25) is 0 Å². The molecule has 0 fully saturated rings. The molecule has 0 spiro atoms. The molecule has 4 aromatic rings. The summed E-state index contributed by atoms with van der Waals surface area (Å²) in [4.78, 5) is 1.09. The minimum atomic E-state index is -0.470. The minimum absolute atomic E-state index is 0.470. The third kappa shape index (κ3) is 4.10. The van der Waals surface area contributed by atoms with Crippen molar-refractivity contribution < 1.29 is 9.84 Å². The van der Waals surface area contributed by atoms with E-state index in [1.54, 1.807) is 18.9 Å². The molecular weight excluding hydrogens is 502 g/mol. The summed E-state index contributed by atoms with van der Waals surface area (Å²) >= 11 is 8.79. The van der Waals surface area contributed by atoms with E-state index in [4.69, 9.17) is 4.74 Å². The maximum absolute atomic E-state index is 10.7. The summed E-state index contributed by atoms with van der Waals surface area (Å²) in [5.41, 5.74) is 2.25. The second-order valence-electron chi connectivity index (χ2n) is 6.58. The predicted octanol–water partition coefficient (Wildman–Crippen LogP) is 6.48. The van der Waals surface area contributed by atoms with Crippen LogP contribution in [0.2, 0.25) is 0 Å². The fraction of sp³-hybridized carbons (Fsp3) is 0.182. The van der Waals surface area contributed by atoms with E-state index in [9.17, 15) is 5.11 Å². The molecule has 144 valence electrons. The van der Waals surface area contributed by atoms with Crippen molar-refractivity contribution in [2.75, 3.05) is 12.9 Å². The van der Waals surface area contributed by atoms with Gasteiger partial charge in [-0.25, -0.2) is 0 Å². The molecule has 3 aromatic carbocycles. The summed E-state index contributed by atoms with van der Waals surface area (Å²) in [5, 5.41) is 13.1. The molecule has 1 atom stereocenters. The van der Waals surface area contributed by atoms with Gasteiger partial charge in [0, 0.05) is 47.9 Å². The quantitative estimate of drug-likeness (QED) is 0.295. The van der Waals surface area contributed by atoms with Gasteiger partial charge in [-0.3, -0.25) is 0 Å². The molecule has 1 N–H and O–H groups in total. The second-order valence-corrected chi connectivity index (χ2v) is 9.50. The number of fused-ring (bicyclic) bond motifs is 3.